The maximum atomic E-state index is 10.9. The van der Waals surface area contributed by atoms with Gasteiger partial charge >= 0.3 is 5.82 Å². The number of aromatic nitrogens is 2. The van der Waals surface area contributed by atoms with Crippen LogP contribution in [0.5, 0.6) is 5.75 Å². The van der Waals surface area contributed by atoms with Crippen LogP contribution in [0, 0.1) is 17.0 Å². The molecule has 112 valence electrons. The molecule has 0 spiro atoms. The lowest BCUT2D eigenvalue weighted by Gasteiger charge is -2.09. The van der Waals surface area contributed by atoms with Gasteiger partial charge in [0.25, 0.3) is 0 Å². The first-order valence-electron chi connectivity index (χ1n) is 6.39. The average Bonchev–Trinajstić information content (AvgIpc) is 2.72. The number of rotatable bonds is 6. The van der Waals surface area contributed by atoms with Crippen LogP contribution in [0.4, 0.5) is 17.3 Å². The van der Waals surface area contributed by atoms with Crippen molar-refractivity contribution in [3.05, 3.63) is 40.2 Å². The molecular weight excluding hydrogens is 274 g/mol. The summed E-state index contributed by atoms with van der Waals surface area (Å²) in [5, 5.41) is 13.9. The van der Waals surface area contributed by atoms with Crippen LogP contribution in [-0.4, -0.2) is 27.6 Å². The van der Waals surface area contributed by atoms with Crippen molar-refractivity contribution >= 4 is 17.3 Å². The fourth-order valence-electron chi connectivity index (χ4n) is 1.86. The summed E-state index contributed by atoms with van der Waals surface area (Å²) >= 11 is 0. The van der Waals surface area contributed by atoms with Gasteiger partial charge in [-0.25, -0.2) is 0 Å². The lowest BCUT2D eigenvalue weighted by molar-refractivity contribution is -0.388. The maximum absolute atomic E-state index is 10.9. The van der Waals surface area contributed by atoms with E-state index in [0.29, 0.717) is 36.2 Å². The molecule has 0 saturated heterocycles. The van der Waals surface area contributed by atoms with Crippen molar-refractivity contribution in [1.29, 1.82) is 0 Å². The molecule has 0 atom stereocenters. The van der Waals surface area contributed by atoms with Gasteiger partial charge in [-0.3, -0.25) is 4.57 Å². The molecule has 0 aliphatic rings. The predicted molar refractivity (Wildman–Crippen MR) is 79.4 cm³/mol. The molecule has 2 rings (SSSR count). The Labute approximate surface area is 121 Å². The summed E-state index contributed by atoms with van der Waals surface area (Å²) in [6.45, 7) is 2.47. The Kier molecular flexibility index (Phi) is 4.27. The average molecular weight is 291 g/mol. The van der Waals surface area contributed by atoms with E-state index in [1.807, 2.05) is 0 Å². The first-order valence-corrected chi connectivity index (χ1v) is 6.39. The molecule has 1 aromatic carbocycles. The fourth-order valence-corrected chi connectivity index (χ4v) is 1.86. The zero-order valence-electron chi connectivity index (χ0n) is 11.9. The van der Waals surface area contributed by atoms with Crippen LogP contribution >= 0.6 is 0 Å². The minimum Gasteiger partial charge on any atom is -0.492 e. The number of benzene rings is 1. The van der Waals surface area contributed by atoms with Crippen LogP contribution in [0.2, 0.25) is 0 Å². The van der Waals surface area contributed by atoms with Gasteiger partial charge in [-0.15, -0.1) is 0 Å². The lowest BCUT2D eigenvalue weighted by Crippen LogP contribution is -2.14. The van der Waals surface area contributed by atoms with Gasteiger partial charge in [0.05, 0.1) is 6.54 Å². The summed E-state index contributed by atoms with van der Waals surface area (Å²) in [5.41, 5.74) is 6.27. The van der Waals surface area contributed by atoms with E-state index in [0.717, 1.165) is 0 Å². The highest BCUT2D eigenvalue weighted by atomic mass is 16.6. The molecule has 8 heteroatoms. The van der Waals surface area contributed by atoms with Crippen LogP contribution in [0.1, 0.15) is 5.82 Å². The third kappa shape index (κ3) is 3.41. The number of aryl methyl sites for hydroxylation is 1. The number of imidazole rings is 1. The molecule has 0 fully saturated rings. The summed E-state index contributed by atoms with van der Waals surface area (Å²) in [4.78, 5) is 14.3. The number of nitrogens with zero attached hydrogens (tertiary/aromatic N) is 3. The number of nitrogen functional groups attached to an aromatic ring is 1. The number of anilines is 2. The molecule has 8 nitrogen and oxygen atoms in total. The Hall–Kier alpha value is -2.77. The van der Waals surface area contributed by atoms with Gasteiger partial charge < -0.3 is 25.9 Å². The molecule has 3 N–H and O–H groups in total. The molecule has 0 saturated carbocycles. The van der Waals surface area contributed by atoms with Crippen LogP contribution in [0.25, 0.3) is 0 Å². The molecule has 21 heavy (non-hydrogen) atoms. The molecule has 1 aromatic heterocycles. The van der Waals surface area contributed by atoms with E-state index < -0.39 is 4.92 Å². The second-order valence-electron chi connectivity index (χ2n) is 4.50. The second-order valence-corrected chi connectivity index (χ2v) is 4.50. The van der Waals surface area contributed by atoms with E-state index in [9.17, 15) is 10.1 Å². The number of ether oxygens (including phenoxy) is 1. The standard InChI is InChI=1S/C13H17N5O3/c1-9-16-13(18(19)20)12(17(9)2)15-6-7-21-11-5-3-4-10(14)8-11/h3-5,8,15H,6-7,14H2,1-2H3. The Morgan fingerprint density at radius 1 is 1.52 bits per heavy atom. The second kappa shape index (κ2) is 6.12. The monoisotopic (exact) mass is 291 g/mol. The van der Waals surface area contributed by atoms with Crippen molar-refractivity contribution in [2.75, 3.05) is 24.2 Å². The van der Waals surface area contributed by atoms with Crippen molar-refractivity contribution in [2.45, 2.75) is 6.92 Å². The lowest BCUT2D eigenvalue weighted by atomic mass is 10.3. The number of nitrogens with one attached hydrogen (secondary N) is 1. The van der Waals surface area contributed by atoms with Gasteiger partial charge in [0, 0.05) is 25.7 Å². The summed E-state index contributed by atoms with van der Waals surface area (Å²) < 4.78 is 7.15. The summed E-state index contributed by atoms with van der Waals surface area (Å²) in [6, 6.07) is 7.09. The number of nitrogens with two attached hydrogens (primary N) is 1. The third-order valence-electron chi connectivity index (χ3n) is 2.99. The van der Waals surface area contributed by atoms with E-state index in [2.05, 4.69) is 10.3 Å². The van der Waals surface area contributed by atoms with E-state index >= 15 is 0 Å². The quantitative estimate of drug-likeness (QED) is 0.363. The Bertz CT molecular complexity index is 653. The molecule has 0 bridgehead atoms. The number of hydrogen-bond donors (Lipinski definition) is 2. The Balaban J connectivity index is 1.93. The summed E-state index contributed by atoms with van der Waals surface area (Å²) in [6.07, 6.45) is 0. The van der Waals surface area contributed by atoms with Crippen molar-refractivity contribution in [3.8, 4) is 5.75 Å². The van der Waals surface area contributed by atoms with Crippen LogP contribution in [0.15, 0.2) is 24.3 Å². The zero-order chi connectivity index (χ0) is 15.4. The van der Waals surface area contributed by atoms with E-state index in [1.54, 1.807) is 42.8 Å². The largest absolute Gasteiger partial charge is 0.492 e. The number of hydrogen-bond acceptors (Lipinski definition) is 6. The Morgan fingerprint density at radius 3 is 2.95 bits per heavy atom. The van der Waals surface area contributed by atoms with E-state index in [4.69, 9.17) is 10.5 Å². The van der Waals surface area contributed by atoms with Crippen LogP contribution in [0.3, 0.4) is 0 Å². The third-order valence-corrected chi connectivity index (χ3v) is 2.99. The normalized spacial score (nSPS) is 10.4. The minimum absolute atomic E-state index is 0.182. The van der Waals surface area contributed by atoms with Crippen molar-refractivity contribution in [1.82, 2.24) is 9.55 Å². The van der Waals surface area contributed by atoms with Gasteiger partial charge in [0.15, 0.2) is 0 Å². The van der Waals surface area contributed by atoms with E-state index in [-0.39, 0.29) is 5.82 Å². The van der Waals surface area contributed by atoms with Crippen LogP contribution < -0.4 is 15.8 Å². The zero-order valence-corrected chi connectivity index (χ0v) is 11.9. The Morgan fingerprint density at radius 2 is 2.29 bits per heavy atom. The molecular formula is C13H17N5O3. The summed E-state index contributed by atoms with van der Waals surface area (Å²) in [7, 11) is 1.72. The van der Waals surface area contributed by atoms with Gasteiger partial charge in [-0.1, -0.05) is 6.07 Å². The van der Waals surface area contributed by atoms with Crippen molar-refractivity contribution < 1.29 is 9.66 Å². The molecule has 0 aliphatic heterocycles. The SMILES string of the molecule is Cc1nc([N+](=O)[O-])c(NCCOc2cccc(N)c2)n1C. The predicted octanol–water partition coefficient (Wildman–Crippen LogP) is 1.71. The molecule has 2 aromatic rings. The molecule has 0 unspecified atom stereocenters. The fraction of sp³-hybridized carbons (Fsp3) is 0.308. The smallest absolute Gasteiger partial charge is 0.406 e. The molecule has 0 aliphatic carbocycles. The number of nitro groups is 1. The highest BCUT2D eigenvalue weighted by Crippen LogP contribution is 2.23. The first kappa shape index (κ1) is 14.6. The highest BCUT2D eigenvalue weighted by molar-refractivity contribution is 5.53. The van der Waals surface area contributed by atoms with Gasteiger partial charge in [0.2, 0.25) is 11.6 Å². The van der Waals surface area contributed by atoms with Gasteiger partial charge in [-0.05, 0) is 22.0 Å². The maximum Gasteiger partial charge on any atom is 0.406 e. The molecule has 0 radical (unpaired) electrons. The summed E-state index contributed by atoms with van der Waals surface area (Å²) in [5.74, 6) is 1.42. The van der Waals surface area contributed by atoms with Gasteiger partial charge in [0.1, 0.15) is 12.4 Å². The van der Waals surface area contributed by atoms with Gasteiger partial charge in [-0.2, -0.15) is 0 Å². The topological polar surface area (TPSA) is 108 Å². The van der Waals surface area contributed by atoms with Crippen LogP contribution in [-0.2, 0) is 7.05 Å². The van der Waals surface area contributed by atoms with E-state index in [1.165, 1.54) is 0 Å². The molecule has 0 amide bonds. The van der Waals surface area contributed by atoms with Crippen molar-refractivity contribution in [3.63, 3.8) is 0 Å². The van der Waals surface area contributed by atoms with Crippen molar-refractivity contribution in [2.24, 2.45) is 7.05 Å². The minimum atomic E-state index is -0.506. The highest BCUT2D eigenvalue weighted by Gasteiger charge is 2.22. The molecule has 1 heterocycles. The first-order chi connectivity index (χ1) is 9.99.